The molecule has 5 nitrogen and oxygen atoms in total. The fourth-order valence-corrected chi connectivity index (χ4v) is 3.42. The number of carbonyl (C=O) groups is 1. The van der Waals surface area contributed by atoms with Crippen molar-refractivity contribution in [1.82, 2.24) is 4.90 Å². The van der Waals surface area contributed by atoms with Crippen LogP contribution in [0.25, 0.3) is 5.57 Å². The lowest BCUT2D eigenvalue weighted by atomic mass is 10.00. The number of benzene rings is 2. The monoisotopic (exact) mass is 364 g/mol. The molecule has 2 aliphatic heterocycles. The van der Waals surface area contributed by atoms with Crippen molar-refractivity contribution in [2.45, 2.75) is 18.9 Å². The second kappa shape index (κ2) is 8.27. The van der Waals surface area contributed by atoms with E-state index in [4.69, 9.17) is 9.47 Å². The summed E-state index contributed by atoms with van der Waals surface area (Å²) in [4.78, 5) is 14.5. The number of rotatable bonds is 4. The third-order valence-electron chi connectivity index (χ3n) is 4.95. The highest BCUT2D eigenvalue weighted by Gasteiger charge is 2.21. The minimum atomic E-state index is -0.0999. The summed E-state index contributed by atoms with van der Waals surface area (Å²) in [6.45, 7) is 2.63. The van der Waals surface area contributed by atoms with Gasteiger partial charge in [-0.25, -0.2) is 4.79 Å². The van der Waals surface area contributed by atoms with E-state index in [1.807, 2.05) is 47.4 Å². The Balaban J connectivity index is 1.39. The summed E-state index contributed by atoms with van der Waals surface area (Å²) in [5, 5.41) is 3.00. The Hall–Kier alpha value is -2.79. The molecule has 0 aliphatic carbocycles. The molecule has 27 heavy (non-hydrogen) atoms. The molecule has 5 heteroatoms. The van der Waals surface area contributed by atoms with Crippen molar-refractivity contribution in [2.75, 3.05) is 31.6 Å². The van der Waals surface area contributed by atoms with Crippen LogP contribution in [0.1, 0.15) is 18.4 Å². The largest absolute Gasteiger partial charge is 0.486 e. The zero-order chi connectivity index (χ0) is 18.5. The molecule has 140 valence electrons. The van der Waals surface area contributed by atoms with Gasteiger partial charge in [0.2, 0.25) is 0 Å². The average Bonchev–Trinajstić information content (AvgIpc) is 3.23. The van der Waals surface area contributed by atoms with Crippen LogP contribution in [-0.4, -0.2) is 43.3 Å². The molecule has 2 amide bonds. The minimum Gasteiger partial charge on any atom is -0.486 e. The number of hydrogen-bond donors (Lipinski definition) is 1. The second-order valence-electron chi connectivity index (χ2n) is 6.82. The molecule has 1 fully saturated rings. The van der Waals surface area contributed by atoms with Crippen LogP contribution in [0.4, 0.5) is 10.5 Å². The molecule has 1 saturated heterocycles. The molecule has 2 aromatic carbocycles. The van der Waals surface area contributed by atoms with Crippen LogP contribution in [0, 0.1) is 0 Å². The quantitative estimate of drug-likeness (QED) is 0.886. The van der Waals surface area contributed by atoms with Crippen LogP contribution in [0.15, 0.2) is 60.7 Å². The Bertz CT molecular complexity index is 813. The van der Waals surface area contributed by atoms with Gasteiger partial charge in [-0.3, -0.25) is 0 Å². The molecule has 1 N–H and O–H groups in total. The first-order chi connectivity index (χ1) is 13.3. The van der Waals surface area contributed by atoms with Gasteiger partial charge >= 0.3 is 6.03 Å². The van der Waals surface area contributed by atoms with E-state index in [1.165, 1.54) is 11.1 Å². The Morgan fingerprint density at radius 2 is 1.93 bits per heavy atom. The van der Waals surface area contributed by atoms with Crippen molar-refractivity contribution in [1.29, 1.82) is 0 Å². The van der Waals surface area contributed by atoms with E-state index in [0.717, 1.165) is 19.4 Å². The van der Waals surface area contributed by atoms with Crippen LogP contribution < -0.4 is 10.1 Å². The number of nitrogens with one attached hydrogen (secondary N) is 1. The lowest BCUT2D eigenvalue weighted by molar-refractivity contribution is 0.142. The van der Waals surface area contributed by atoms with Crippen LogP contribution in [0.3, 0.4) is 0 Å². The molecule has 4 rings (SSSR count). The third kappa shape index (κ3) is 4.31. The van der Waals surface area contributed by atoms with Crippen molar-refractivity contribution in [2.24, 2.45) is 0 Å². The standard InChI is InChI=1S/C22H24N2O3/c25-22(24-13-10-18(11-14-24)17-6-2-1-3-7-17)23-20-8-4-5-9-21(20)27-19-12-15-26-16-19/h1-10,19H,11-16H2,(H,23,25)/t19-/m1/s1. The normalized spacial score (nSPS) is 19.5. The molecule has 0 unspecified atom stereocenters. The van der Waals surface area contributed by atoms with Gasteiger partial charge in [-0.15, -0.1) is 0 Å². The Morgan fingerprint density at radius 3 is 2.67 bits per heavy atom. The highest BCUT2D eigenvalue weighted by Crippen LogP contribution is 2.28. The number of carbonyl (C=O) groups excluding carboxylic acids is 1. The molecular formula is C22H24N2O3. The fourth-order valence-electron chi connectivity index (χ4n) is 3.42. The molecule has 1 atom stereocenters. The molecular weight excluding hydrogens is 340 g/mol. The topological polar surface area (TPSA) is 50.8 Å². The van der Waals surface area contributed by atoms with E-state index in [9.17, 15) is 4.79 Å². The van der Waals surface area contributed by atoms with E-state index in [1.54, 1.807) is 0 Å². The molecule has 0 spiro atoms. The first kappa shape index (κ1) is 17.6. The Kier molecular flexibility index (Phi) is 5.39. The predicted molar refractivity (Wildman–Crippen MR) is 106 cm³/mol. The van der Waals surface area contributed by atoms with Crippen LogP contribution in [0.2, 0.25) is 0 Å². The van der Waals surface area contributed by atoms with Crippen molar-refractivity contribution >= 4 is 17.3 Å². The summed E-state index contributed by atoms with van der Waals surface area (Å²) in [6.07, 6.45) is 3.92. The summed E-state index contributed by atoms with van der Waals surface area (Å²) in [7, 11) is 0. The highest BCUT2D eigenvalue weighted by molar-refractivity contribution is 5.91. The second-order valence-corrected chi connectivity index (χ2v) is 6.82. The lowest BCUT2D eigenvalue weighted by Gasteiger charge is -2.27. The number of ether oxygens (including phenoxy) is 2. The molecule has 2 aromatic rings. The third-order valence-corrected chi connectivity index (χ3v) is 4.95. The number of urea groups is 1. The minimum absolute atomic E-state index is 0.0504. The van der Waals surface area contributed by atoms with Crippen LogP contribution in [-0.2, 0) is 4.74 Å². The molecule has 2 heterocycles. The van der Waals surface area contributed by atoms with E-state index in [2.05, 4.69) is 23.5 Å². The number of para-hydroxylation sites is 2. The van der Waals surface area contributed by atoms with Gasteiger partial charge in [-0.1, -0.05) is 48.5 Å². The van der Waals surface area contributed by atoms with Crippen LogP contribution >= 0.6 is 0 Å². The first-order valence-electron chi connectivity index (χ1n) is 9.43. The van der Waals surface area contributed by atoms with E-state index < -0.39 is 0 Å². The Labute approximate surface area is 159 Å². The first-order valence-corrected chi connectivity index (χ1v) is 9.43. The fraction of sp³-hybridized carbons (Fsp3) is 0.318. The van der Waals surface area contributed by atoms with Gasteiger partial charge in [0.15, 0.2) is 0 Å². The molecule has 0 bridgehead atoms. The number of amides is 2. The average molecular weight is 364 g/mol. The summed E-state index contributed by atoms with van der Waals surface area (Å²) in [5.41, 5.74) is 3.23. The summed E-state index contributed by atoms with van der Waals surface area (Å²) < 4.78 is 11.4. The molecule has 0 radical (unpaired) electrons. The van der Waals surface area contributed by atoms with E-state index in [-0.39, 0.29) is 12.1 Å². The van der Waals surface area contributed by atoms with Gasteiger partial charge in [0.05, 0.1) is 18.9 Å². The van der Waals surface area contributed by atoms with E-state index in [0.29, 0.717) is 31.1 Å². The highest BCUT2D eigenvalue weighted by atomic mass is 16.5. The van der Waals surface area contributed by atoms with Gasteiger partial charge in [0.25, 0.3) is 0 Å². The maximum Gasteiger partial charge on any atom is 0.322 e. The molecule has 0 aromatic heterocycles. The smallest absolute Gasteiger partial charge is 0.322 e. The number of nitrogens with zero attached hydrogens (tertiary/aromatic N) is 1. The van der Waals surface area contributed by atoms with Crippen LogP contribution in [0.5, 0.6) is 5.75 Å². The van der Waals surface area contributed by atoms with E-state index >= 15 is 0 Å². The Morgan fingerprint density at radius 1 is 1.11 bits per heavy atom. The molecule has 2 aliphatic rings. The van der Waals surface area contributed by atoms with Crippen molar-refractivity contribution < 1.29 is 14.3 Å². The predicted octanol–water partition coefficient (Wildman–Crippen LogP) is 4.18. The maximum atomic E-state index is 12.7. The number of anilines is 1. The van der Waals surface area contributed by atoms with Crippen molar-refractivity contribution in [3.05, 3.63) is 66.2 Å². The zero-order valence-corrected chi connectivity index (χ0v) is 15.3. The lowest BCUT2D eigenvalue weighted by Crippen LogP contribution is -2.38. The van der Waals surface area contributed by atoms with Crippen molar-refractivity contribution in [3.8, 4) is 5.75 Å². The summed E-state index contributed by atoms with van der Waals surface area (Å²) in [6, 6.07) is 17.8. The summed E-state index contributed by atoms with van der Waals surface area (Å²) >= 11 is 0. The van der Waals surface area contributed by atoms with Gasteiger partial charge in [0, 0.05) is 19.5 Å². The number of hydrogen-bond acceptors (Lipinski definition) is 3. The summed E-state index contributed by atoms with van der Waals surface area (Å²) in [5.74, 6) is 0.693. The van der Waals surface area contributed by atoms with Gasteiger partial charge in [0.1, 0.15) is 11.9 Å². The van der Waals surface area contributed by atoms with Crippen molar-refractivity contribution in [3.63, 3.8) is 0 Å². The van der Waals surface area contributed by atoms with Gasteiger partial charge in [-0.2, -0.15) is 0 Å². The zero-order valence-electron chi connectivity index (χ0n) is 15.3. The van der Waals surface area contributed by atoms with Gasteiger partial charge in [-0.05, 0) is 29.7 Å². The van der Waals surface area contributed by atoms with Gasteiger partial charge < -0.3 is 19.7 Å². The molecule has 0 saturated carbocycles. The SMILES string of the molecule is O=C(Nc1ccccc1O[C@@H]1CCOC1)N1CC=C(c2ccccc2)CC1. The maximum absolute atomic E-state index is 12.7.